The molecular weight excluding hydrogens is 444 g/mol. The van der Waals surface area contributed by atoms with Crippen molar-refractivity contribution in [3.63, 3.8) is 0 Å². The Bertz CT molecular complexity index is 1300. The molecule has 7 nitrogen and oxygen atoms in total. The van der Waals surface area contributed by atoms with Gasteiger partial charge < -0.3 is 9.64 Å². The summed E-state index contributed by atoms with van der Waals surface area (Å²) in [4.78, 5) is 54.9. The number of hydrogen-bond donors (Lipinski definition) is 0. The van der Waals surface area contributed by atoms with E-state index >= 15 is 0 Å². The van der Waals surface area contributed by atoms with Gasteiger partial charge in [-0.2, -0.15) is 0 Å². The molecule has 3 amide bonds. The number of nitrogens with zero attached hydrogens (tertiary/aromatic N) is 2. The van der Waals surface area contributed by atoms with Crippen LogP contribution in [0.2, 0.25) is 0 Å². The Morgan fingerprint density at radius 2 is 1.57 bits per heavy atom. The first-order valence-corrected chi connectivity index (χ1v) is 12.1. The molecule has 7 heteroatoms. The van der Waals surface area contributed by atoms with E-state index in [-0.39, 0.29) is 29.1 Å². The van der Waals surface area contributed by atoms with Crippen molar-refractivity contribution in [2.24, 2.45) is 0 Å². The molecule has 1 spiro atoms. The fourth-order valence-electron chi connectivity index (χ4n) is 5.50. The Kier molecular flexibility index (Phi) is 5.16. The number of carbonyl (C=O) groups is 4. The maximum Gasteiger partial charge on any atom is 0.262 e. The van der Waals surface area contributed by atoms with Crippen molar-refractivity contribution in [2.75, 3.05) is 13.1 Å². The van der Waals surface area contributed by atoms with Gasteiger partial charge in [-0.25, -0.2) is 0 Å². The van der Waals surface area contributed by atoms with Crippen LogP contribution in [0.15, 0.2) is 30.3 Å². The highest BCUT2D eigenvalue weighted by molar-refractivity contribution is 6.22. The molecule has 1 fully saturated rings. The number of benzene rings is 2. The van der Waals surface area contributed by atoms with Crippen LogP contribution in [0.1, 0.15) is 92.6 Å². The van der Waals surface area contributed by atoms with Crippen molar-refractivity contribution < 1.29 is 23.9 Å². The third-order valence-corrected chi connectivity index (χ3v) is 7.29. The van der Waals surface area contributed by atoms with Crippen molar-refractivity contribution in [2.45, 2.75) is 65.0 Å². The van der Waals surface area contributed by atoms with E-state index in [1.165, 1.54) is 11.0 Å². The summed E-state index contributed by atoms with van der Waals surface area (Å²) in [5.74, 6) is -0.143. The van der Waals surface area contributed by atoms with Gasteiger partial charge in [-0.15, -0.1) is 0 Å². The Labute approximate surface area is 205 Å². The molecule has 0 radical (unpaired) electrons. The smallest absolute Gasteiger partial charge is 0.262 e. The molecule has 0 saturated carbocycles. The van der Waals surface area contributed by atoms with Crippen molar-refractivity contribution in [1.82, 2.24) is 9.80 Å². The molecule has 0 aromatic heterocycles. The Morgan fingerprint density at radius 1 is 0.914 bits per heavy atom. The standard InChI is InChI=1S/C28H30N2O5/c1-16-12-17(2)23-21(13-16)22(31)15-28(35-23)8-10-29(11-9-28)24(32)18-6-7-19-20(14-18)26(34)30(25(19)33)27(3,4)5/h6-7,12-14H,8-11,15H2,1-5H3. The number of rotatable bonds is 1. The Hall–Kier alpha value is -3.48. The van der Waals surface area contributed by atoms with E-state index in [9.17, 15) is 19.2 Å². The number of Topliss-reactive ketones (excluding diaryl/α,β-unsaturated/α-hetero) is 1. The van der Waals surface area contributed by atoms with E-state index in [0.29, 0.717) is 54.8 Å². The molecule has 3 heterocycles. The topological polar surface area (TPSA) is 84.0 Å². The largest absolute Gasteiger partial charge is 0.486 e. The van der Waals surface area contributed by atoms with E-state index in [1.54, 1.807) is 17.0 Å². The number of fused-ring (bicyclic) bond motifs is 2. The minimum absolute atomic E-state index is 0.0861. The van der Waals surface area contributed by atoms with Gasteiger partial charge in [-0.3, -0.25) is 24.1 Å². The van der Waals surface area contributed by atoms with Gasteiger partial charge in [-0.1, -0.05) is 6.07 Å². The molecule has 1 saturated heterocycles. The number of piperidine rings is 1. The van der Waals surface area contributed by atoms with E-state index < -0.39 is 11.1 Å². The van der Waals surface area contributed by atoms with Crippen molar-refractivity contribution in [1.29, 1.82) is 0 Å². The highest BCUT2D eigenvalue weighted by atomic mass is 16.5. The van der Waals surface area contributed by atoms with Crippen LogP contribution in [0, 0.1) is 13.8 Å². The second-order valence-corrected chi connectivity index (χ2v) is 11.0. The molecular formula is C28H30N2O5. The van der Waals surface area contributed by atoms with Crippen molar-refractivity contribution >= 4 is 23.5 Å². The van der Waals surface area contributed by atoms with Crippen molar-refractivity contribution in [3.05, 3.63) is 63.7 Å². The van der Waals surface area contributed by atoms with Gasteiger partial charge in [0.1, 0.15) is 11.4 Å². The number of aryl methyl sites for hydroxylation is 2. The highest BCUT2D eigenvalue weighted by Crippen LogP contribution is 2.41. The minimum atomic E-state index is -0.647. The third kappa shape index (κ3) is 3.74. The SMILES string of the molecule is Cc1cc(C)c2c(c1)C(=O)CC1(CCN(C(=O)c3ccc4c(c3)C(=O)N(C(C)(C)C)C4=O)CC1)O2. The zero-order valence-corrected chi connectivity index (χ0v) is 20.9. The quantitative estimate of drug-likeness (QED) is 0.574. The maximum atomic E-state index is 13.3. The van der Waals surface area contributed by atoms with E-state index in [2.05, 4.69) is 0 Å². The van der Waals surface area contributed by atoms with Gasteiger partial charge >= 0.3 is 0 Å². The van der Waals surface area contributed by atoms with Crippen LogP contribution < -0.4 is 4.74 Å². The third-order valence-electron chi connectivity index (χ3n) is 7.29. The monoisotopic (exact) mass is 474 g/mol. The molecule has 3 aliphatic heterocycles. The molecule has 0 atom stereocenters. The summed E-state index contributed by atoms with van der Waals surface area (Å²) < 4.78 is 6.43. The number of ether oxygens (including phenoxy) is 1. The Balaban J connectivity index is 1.33. The number of hydrogen-bond acceptors (Lipinski definition) is 5. The minimum Gasteiger partial charge on any atom is -0.486 e. The first-order chi connectivity index (χ1) is 16.4. The molecule has 0 bridgehead atoms. The normalized spacial score (nSPS) is 19.1. The lowest BCUT2D eigenvalue weighted by Gasteiger charge is -2.44. The average Bonchev–Trinajstić information content (AvgIpc) is 3.04. The number of amides is 3. The van der Waals surface area contributed by atoms with Gasteiger partial charge in [0, 0.05) is 37.0 Å². The van der Waals surface area contributed by atoms with Gasteiger partial charge in [0.25, 0.3) is 17.7 Å². The average molecular weight is 475 g/mol. The number of carbonyl (C=O) groups excluding carboxylic acids is 4. The van der Waals surface area contributed by atoms with Gasteiger partial charge in [-0.05, 0) is 70.0 Å². The summed E-state index contributed by atoms with van der Waals surface area (Å²) in [6, 6.07) is 8.63. The number of imide groups is 1. The number of ketones is 1. The molecule has 0 unspecified atom stereocenters. The zero-order chi connectivity index (χ0) is 25.3. The lowest BCUT2D eigenvalue weighted by molar-refractivity contribution is -0.00621. The lowest BCUT2D eigenvalue weighted by atomic mass is 9.81. The molecule has 2 aromatic carbocycles. The fourth-order valence-corrected chi connectivity index (χ4v) is 5.50. The summed E-state index contributed by atoms with van der Waals surface area (Å²) in [6.45, 7) is 10.3. The van der Waals surface area contributed by atoms with Gasteiger partial charge in [0.15, 0.2) is 5.78 Å². The predicted molar refractivity (Wildman–Crippen MR) is 130 cm³/mol. The first-order valence-electron chi connectivity index (χ1n) is 12.1. The van der Waals surface area contributed by atoms with Gasteiger partial charge in [0.2, 0.25) is 0 Å². The van der Waals surface area contributed by atoms with Crippen LogP contribution >= 0.6 is 0 Å². The molecule has 35 heavy (non-hydrogen) atoms. The lowest BCUT2D eigenvalue weighted by Crippen LogP contribution is -2.52. The molecule has 0 N–H and O–H groups in total. The van der Waals surface area contributed by atoms with E-state index in [0.717, 1.165) is 11.1 Å². The Morgan fingerprint density at radius 3 is 2.23 bits per heavy atom. The first kappa shape index (κ1) is 23.3. The van der Waals surface area contributed by atoms with E-state index in [1.807, 2.05) is 46.8 Å². The molecule has 182 valence electrons. The highest BCUT2D eigenvalue weighted by Gasteiger charge is 2.45. The molecule has 3 aliphatic rings. The summed E-state index contributed by atoms with van der Waals surface area (Å²) in [7, 11) is 0. The second kappa shape index (κ2) is 7.77. The second-order valence-electron chi connectivity index (χ2n) is 11.0. The van der Waals surface area contributed by atoms with E-state index in [4.69, 9.17) is 4.74 Å². The van der Waals surface area contributed by atoms with Crippen LogP contribution in [0.5, 0.6) is 5.75 Å². The predicted octanol–water partition coefficient (Wildman–Crippen LogP) is 4.34. The van der Waals surface area contributed by atoms with Crippen LogP contribution in [-0.2, 0) is 0 Å². The number of likely N-dealkylation sites (tertiary alicyclic amines) is 1. The van der Waals surface area contributed by atoms with Gasteiger partial charge in [0.05, 0.1) is 23.1 Å². The summed E-state index contributed by atoms with van der Waals surface area (Å²) in [6.07, 6.45) is 1.41. The molecule has 0 aliphatic carbocycles. The van der Waals surface area contributed by atoms with Crippen LogP contribution in [0.4, 0.5) is 0 Å². The van der Waals surface area contributed by atoms with Crippen LogP contribution in [0.3, 0.4) is 0 Å². The summed E-state index contributed by atoms with van der Waals surface area (Å²) >= 11 is 0. The van der Waals surface area contributed by atoms with Crippen LogP contribution in [-0.4, -0.2) is 57.5 Å². The summed E-state index contributed by atoms with van der Waals surface area (Å²) in [5.41, 5.74) is 2.37. The molecule has 2 aromatic rings. The summed E-state index contributed by atoms with van der Waals surface area (Å²) in [5, 5.41) is 0. The van der Waals surface area contributed by atoms with Crippen LogP contribution in [0.25, 0.3) is 0 Å². The zero-order valence-electron chi connectivity index (χ0n) is 20.9. The fraction of sp³-hybridized carbons (Fsp3) is 0.429. The molecule has 5 rings (SSSR count). The van der Waals surface area contributed by atoms with Crippen molar-refractivity contribution in [3.8, 4) is 5.75 Å². The maximum absolute atomic E-state index is 13.3.